The van der Waals surface area contributed by atoms with Crippen molar-refractivity contribution in [3.05, 3.63) is 29.3 Å². The summed E-state index contributed by atoms with van der Waals surface area (Å²) >= 11 is 0. The van der Waals surface area contributed by atoms with E-state index in [4.69, 9.17) is 0 Å². The molecule has 6 nitrogen and oxygen atoms in total. The number of nitrogens with zero attached hydrogens (tertiary/aromatic N) is 1. The third-order valence-electron chi connectivity index (χ3n) is 4.89. The van der Waals surface area contributed by atoms with Gasteiger partial charge in [0.05, 0.1) is 4.90 Å². The van der Waals surface area contributed by atoms with Crippen LogP contribution in [0.25, 0.3) is 0 Å². The molecular formula is C17H26ClN3O3S. The smallest absolute Gasteiger partial charge is 0.254 e. The van der Waals surface area contributed by atoms with Crippen LogP contribution in [-0.4, -0.2) is 50.9 Å². The molecule has 0 spiro atoms. The van der Waals surface area contributed by atoms with Crippen molar-refractivity contribution in [2.75, 3.05) is 19.6 Å². The Kier molecular flexibility index (Phi) is 6.48. The first-order valence-corrected chi connectivity index (χ1v) is 10.0. The van der Waals surface area contributed by atoms with Crippen molar-refractivity contribution in [3.8, 4) is 0 Å². The molecule has 0 radical (unpaired) electrons. The van der Waals surface area contributed by atoms with Gasteiger partial charge in [0, 0.05) is 37.3 Å². The summed E-state index contributed by atoms with van der Waals surface area (Å²) in [6, 6.07) is 5.63. The SMILES string of the molecule is CCNS(=O)(=O)c1ccc(C)c(C(=O)N2CCC3CCC(C2)N3)c1.Cl. The summed E-state index contributed by atoms with van der Waals surface area (Å²) in [5.74, 6) is -0.0737. The van der Waals surface area contributed by atoms with Crippen LogP contribution in [0.1, 0.15) is 42.1 Å². The van der Waals surface area contributed by atoms with Crippen LogP contribution in [0.2, 0.25) is 0 Å². The number of fused-ring (bicyclic) bond motifs is 2. The van der Waals surface area contributed by atoms with Gasteiger partial charge in [0.15, 0.2) is 0 Å². The van der Waals surface area contributed by atoms with Gasteiger partial charge in [-0.25, -0.2) is 13.1 Å². The molecule has 2 aliphatic rings. The summed E-state index contributed by atoms with van der Waals surface area (Å²) in [5.41, 5.74) is 1.28. The maximum Gasteiger partial charge on any atom is 0.254 e. The predicted molar refractivity (Wildman–Crippen MR) is 99.8 cm³/mol. The number of likely N-dealkylation sites (tertiary alicyclic amines) is 1. The Balaban J connectivity index is 0.00000225. The summed E-state index contributed by atoms with van der Waals surface area (Å²) in [6.07, 6.45) is 3.24. The van der Waals surface area contributed by atoms with Gasteiger partial charge in [-0.2, -0.15) is 0 Å². The van der Waals surface area contributed by atoms with Gasteiger partial charge in [-0.1, -0.05) is 13.0 Å². The first-order chi connectivity index (χ1) is 11.4. The number of carbonyl (C=O) groups excluding carboxylic acids is 1. The third kappa shape index (κ3) is 4.34. The van der Waals surface area contributed by atoms with Gasteiger partial charge in [0.2, 0.25) is 10.0 Å². The van der Waals surface area contributed by atoms with Gasteiger partial charge in [-0.05, 0) is 43.9 Å². The van der Waals surface area contributed by atoms with Crippen molar-refractivity contribution < 1.29 is 13.2 Å². The summed E-state index contributed by atoms with van der Waals surface area (Å²) in [5, 5.41) is 3.56. The van der Waals surface area contributed by atoms with E-state index >= 15 is 0 Å². The van der Waals surface area contributed by atoms with E-state index < -0.39 is 10.0 Å². The van der Waals surface area contributed by atoms with E-state index in [0.717, 1.165) is 24.9 Å². The molecule has 2 fully saturated rings. The van der Waals surface area contributed by atoms with Crippen LogP contribution in [0.4, 0.5) is 0 Å². The number of sulfonamides is 1. The fraction of sp³-hybridized carbons (Fsp3) is 0.588. The molecular weight excluding hydrogens is 362 g/mol. The molecule has 1 aromatic carbocycles. The molecule has 140 valence electrons. The number of nitrogens with one attached hydrogen (secondary N) is 2. The van der Waals surface area contributed by atoms with Crippen molar-refractivity contribution in [1.29, 1.82) is 0 Å². The van der Waals surface area contributed by atoms with Gasteiger partial charge < -0.3 is 10.2 Å². The summed E-state index contributed by atoms with van der Waals surface area (Å²) in [6.45, 7) is 5.31. The zero-order valence-corrected chi connectivity index (χ0v) is 16.3. The lowest BCUT2D eigenvalue weighted by atomic mass is 10.0. The van der Waals surface area contributed by atoms with Crippen molar-refractivity contribution in [3.63, 3.8) is 0 Å². The molecule has 2 N–H and O–H groups in total. The summed E-state index contributed by atoms with van der Waals surface area (Å²) < 4.78 is 26.9. The number of benzene rings is 1. The van der Waals surface area contributed by atoms with E-state index in [1.807, 2.05) is 11.8 Å². The van der Waals surface area contributed by atoms with Crippen LogP contribution in [0.3, 0.4) is 0 Å². The number of hydrogen-bond acceptors (Lipinski definition) is 4. The highest BCUT2D eigenvalue weighted by Crippen LogP contribution is 2.23. The van der Waals surface area contributed by atoms with Crippen LogP contribution < -0.4 is 10.0 Å². The molecule has 3 rings (SSSR count). The lowest BCUT2D eigenvalue weighted by Crippen LogP contribution is -2.39. The van der Waals surface area contributed by atoms with Gasteiger partial charge in [0.1, 0.15) is 0 Å². The first-order valence-electron chi connectivity index (χ1n) is 8.56. The quantitative estimate of drug-likeness (QED) is 0.823. The second kappa shape index (κ2) is 8.03. The van der Waals surface area contributed by atoms with Gasteiger partial charge >= 0.3 is 0 Å². The van der Waals surface area contributed by atoms with Gasteiger partial charge in [-0.15, -0.1) is 12.4 Å². The minimum atomic E-state index is -3.56. The second-order valence-corrected chi connectivity index (χ2v) is 8.42. The summed E-state index contributed by atoms with van der Waals surface area (Å²) in [7, 11) is -3.56. The molecule has 2 saturated heterocycles. The number of carbonyl (C=O) groups is 1. The number of aryl methyl sites for hydroxylation is 1. The minimum Gasteiger partial charge on any atom is -0.337 e. The van der Waals surface area contributed by atoms with Gasteiger partial charge in [0.25, 0.3) is 5.91 Å². The van der Waals surface area contributed by atoms with Crippen LogP contribution in [0.5, 0.6) is 0 Å². The molecule has 2 atom stereocenters. The fourth-order valence-electron chi connectivity index (χ4n) is 3.57. The van der Waals surface area contributed by atoms with Crippen molar-refractivity contribution >= 4 is 28.3 Å². The molecule has 0 aromatic heterocycles. The molecule has 2 bridgehead atoms. The molecule has 2 heterocycles. The Labute approximate surface area is 155 Å². The zero-order valence-electron chi connectivity index (χ0n) is 14.6. The Morgan fingerprint density at radius 3 is 2.72 bits per heavy atom. The van der Waals surface area contributed by atoms with Crippen molar-refractivity contribution in [2.45, 2.75) is 50.1 Å². The van der Waals surface area contributed by atoms with Crippen LogP contribution in [0.15, 0.2) is 23.1 Å². The number of amides is 1. The highest BCUT2D eigenvalue weighted by Gasteiger charge is 2.32. The lowest BCUT2D eigenvalue weighted by Gasteiger charge is -2.25. The van der Waals surface area contributed by atoms with E-state index in [2.05, 4.69) is 10.0 Å². The molecule has 2 unspecified atom stereocenters. The Bertz CT molecular complexity index is 739. The third-order valence-corrected chi connectivity index (χ3v) is 6.44. The molecule has 0 saturated carbocycles. The highest BCUT2D eigenvalue weighted by atomic mass is 35.5. The highest BCUT2D eigenvalue weighted by molar-refractivity contribution is 7.89. The number of rotatable bonds is 4. The van der Waals surface area contributed by atoms with E-state index in [9.17, 15) is 13.2 Å². The standard InChI is InChI=1S/C17H25N3O3S.ClH/c1-3-18-24(22,23)15-7-4-12(2)16(10-15)17(21)20-9-8-13-5-6-14(11-20)19-13;/h4,7,10,13-14,18-19H,3,5-6,8-9,11H2,1-2H3;1H. The van der Waals surface area contributed by atoms with E-state index in [1.165, 1.54) is 12.5 Å². The maximum absolute atomic E-state index is 13.0. The Hall–Kier alpha value is -1.15. The van der Waals surface area contributed by atoms with Crippen LogP contribution >= 0.6 is 12.4 Å². The summed E-state index contributed by atoms with van der Waals surface area (Å²) in [4.78, 5) is 15.0. The average molecular weight is 388 g/mol. The largest absolute Gasteiger partial charge is 0.337 e. The van der Waals surface area contributed by atoms with Crippen molar-refractivity contribution in [2.24, 2.45) is 0 Å². The minimum absolute atomic E-state index is 0. The lowest BCUT2D eigenvalue weighted by molar-refractivity contribution is 0.0747. The van der Waals surface area contributed by atoms with E-state index in [0.29, 0.717) is 30.7 Å². The van der Waals surface area contributed by atoms with Crippen molar-refractivity contribution in [1.82, 2.24) is 14.9 Å². The molecule has 25 heavy (non-hydrogen) atoms. The zero-order chi connectivity index (χ0) is 17.3. The fourth-order valence-corrected chi connectivity index (χ4v) is 4.64. The monoisotopic (exact) mass is 387 g/mol. The van der Waals surface area contributed by atoms with Crippen LogP contribution in [0, 0.1) is 6.92 Å². The molecule has 1 amide bonds. The van der Waals surface area contributed by atoms with Gasteiger partial charge in [-0.3, -0.25) is 4.79 Å². The molecule has 2 aliphatic heterocycles. The normalized spacial score (nSPS) is 23.0. The molecule has 8 heteroatoms. The average Bonchev–Trinajstić information content (AvgIpc) is 2.86. The maximum atomic E-state index is 13.0. The topological polar surface area (TPSA) is 78.5 Å². The van der Waals surface area contributed by atoms with E-state index in [1.54, 1.807) is 19.1 Å². The second-order valence-electron chi connectivity index (χ2n) is 6.66. The molecule has 1 aromatic rings. The van der Waals surface area contributed by atoms with E-state index in [-0.39, 0.29) is 23.2 Å². The Morgan fingerprint density at radius 1 is 1.28 bits per heavy atom. The number of halogens is 1. The van der Waals surface area contributed by atoms with Crippen LogP contribution in [-0.2, 0) is 10.0 Å². The Morgan fingerprint density at radius 2 is 2.00 bits per heavy atom. The molecule has 0 aliphatic carbocycles. The number of hydrogen-bond donors (Lipinski definition) is 2. The first kappa shape index (κ1) is 20.2. The predicted octanol–water partition coefficient (Wildman–Crippen LogP) is 1.68.